The number of amides is 3. The van der Waals surface area contributed by atoms with Crippen LogP contribution in [0.4, 0.5) is 4.79 Å². The lowest BCUT2D eigenvalue weighted by atomic mass is 10.00. The number of carboxylic acids is 1. The molecule has 1 N–H and O–H groups in total. The van der Waals surface area contributed by atoms with Crippen LogP contribution >= 0.6 is 0 Å². The van der Waals surface area contributed by atoms with Crippen LogP contribution in [0.1, 0.15) is 27.7 Å². The van der Waals surface area contributed by atoms with Gasteiger partial charge in [0.15, 0.2) is 0 Å². The van der Waals surface area contributed by atoms with Gasteiger partial charge in [-0.3, -0.25) is 4.79 Å². The van der Waals surface area contributed by atoms with Gasteiger partial charge in [0.2, 0.25) is 0 Å². The molecule has 3 amide bonds. The predicted molar refractivity (Wildman–Crippen MR) is 74.0 cm³/mol. The molecule has 0 bridgehead atoms. The molecule has 1 heterocycles. The summed E-state index contributed by atoms with van der Waals surface area (Å²) in [4.78, 5) is 38.5. The fourth-order valence-corrected chi connectivity index (χ4v) is 2.55. The van der Waals surface area contributed by atoms with Crippen LogP contribution in [0.25, 0.3) is 0 Å². The number of hydrogen-bond donors (Lipinski definition) is 1. The highest BCUT2D eigenvalue weighted by Crippen LogP contribution is 2.27. The van der Waals surface area contributed by atoms with Gasteiger partial charge >= 0.3 is 12.0 Å². The SMILES string of the molecule is C=CCN1C(=O)N(C(C(=O)O)C(C)C)C(=O)C1C(C)C. The molecule has 1 aliphatic heterocycles. The summed E-state index contributed by atoms with van der Waals surface area (Å²) in [5, 5.41) is 9.30. The second-order valence-electron chi connectivity index (χ2n) is 5.65. The number of nitrogens with zero attached hydrogens (tertiary/aromatic N) is 2. The summed E-state index contributed by atoms with van der Waals surface area (Å²) in [5.41, 5.74) is 0. The molecule has 1 aliphatic rings. The topological polar surface area (TPSA) is 77.9 Å². The van der Waals surface area contributed by atoms with Crippen molar-refractivity contribution in [1.29, 1.82) is 0 Å². The monoisotopic (exact) mass is 282 g/mol. The number of carbonyl (C=O) groups is 3. The van der Waals surface area contributed by atoms with Crippen LogP contribution in [0.2, 0.25) is 0 Å². The minimum atomic E-state index is -1.16. The molecule has 0 radical (unpaired) electrons. The molecule has 2 unspecified atom stereocenters. The molecule has 0 aromatic heterocycles. The quantitative estimate of drug-likeness (QED) is 0.592. The number of rotatable bonds is 6. The molecule has 6 heteroatoms. The predicted octanol–water partition coefficient (Wildman–Crippen LogP) is 1.57. The van der Waals surface area contributed by atoms with Crippen LogP contribution in [-0.4, -0.2) is 51.4 Å². The normalized spacial score (nSPS) is 21.0. The van der Waals surface area contributed by atoms with Crippen molar-refractivity contribution in [3.05, 3.63) is 12.7 Å². The van der Waals surface area contributed by atoms with E-state index in [1.54, 1.807) is 13.8 Å². The first kappa shape index (κ1) is 16.2. The molecule has 6 nitrogen and oxygen atoms in total. The summed E-state index contributed by atoms with van der Waals surface area (Å²) < 4.78 is 0. The van der Waals surface area contributed by atoms with Crippen molar-refractivity contribution in [3.63, 3.8) is 0 Å². The number of imide groups is 1. The van der Waals surface area contributed by atoms with E-state index in [2.05, 4.69) is 6.58 Å². The molecule has 0 aromatic carbocycles. The number of carboxylic acid groups (broad SMARTS) is 1. The van der Waals surface area contributed by atoms with Gasteiger partial charge in [-0.05, 0) is 11.8 Å². The average molecular weight is 282 g/mol. The van der Waals surface area contributed by atoms with Gasteiger partial charge in [0.1, 0.15) is 12.1 Å². The summed E-state index contributed by atoms with van der Waals surface area (Å²) in [6.07, 6.45) is 1.54. The lowest BCUT2D eigenvalue weighted by Crippen LogP contribution is -2.49. The zero-order valence-corrected chi connectivity index (χ0v) is 12.4. The number of urea groups is 1. The maximum absolute atomic E-state index is 12.5. The Morgan fingerprint density at radius 2 is 1.90 bits per heavy atom. The third-order valence-corrected chi connectivity index (χ3v) is 3.40. The second-order valence-corrected chi connectivity index (χ2v) is 5.65. The van der Waals surface area contributed by atoms with E-state index in [0.29, 0.717) is 0 Å². The lowest BCUT2D eigenvalue weighted by molar-refractivity contribution is -0.148. The molecule has 2 atom stereocenters. The zero-order chi connectivity index (χ0) is 15.6. The van der Waals surface area contributed by atoms with Crippen molar-refractivity contribution in [2.24, 2.45) is 11.8 Å². The number of hydrogen-bond acceptors (Lipinski definition) is 3. The molecule has 1 rings (SSSR count). The molecule has 1 fully saturated rings. The van der Waals surface area contributed by atoms with Crippen molar-refractivity contribution >= 4 is 17.9 Å². The summed E-state index contributed by atoms with van der Waals surface area (Å²) >= 11 is 0. The molecule has 0 saturated carbocycles. The van der Waals surface area contributed by atoms with Gasteiger partial charge in [0.25, 0.3) is 5.91 Å². The summed E-state index contributed by atoms with van der Waals surface area (Å²) in [5.74, 6) is -2.03. The van der Waals surface area contributed by atoms with Crippen LogP contribution in [0.3, 0.4) is 0 Å². The third-order valence-electron chi connectivity index (χ3n) is 3.40. The zero-order valence-electron chi connectivity index (χ0n) is 12.4. The Kier molecular flexibility index (Phi) is 4.92. The minimum absolute atomic E-state index is 0.0852. The van der Waals surface area contributed by atoms with E-state index in [4.69, 9.17) is 0 Å². The first-order valence-electron chi connectivity index (χ1n) is 6.71. The third kappa shape index (κ3) is 2.69. The van der Waals surface area contributed by atoms with Crippen molar-refractivity contribution in [2.75, 3.05) is 6.54 Å². The van der Waals surface area contributed by atoms with E-state index in [1.807, 2.05) is 13.8 Å². The molecule has 0 aromatic rings. The van der Waals surface area contributed by atoms with Crippen molar-refractivity contribution in [1.82, 2.24) is 9.80 Å². The van der Waals surface area contributed by atoms with Crippen molar-refractivity contribution < 1.29 is 19.5 Å². The number of aliphatic carboxylic acids is 1. The van der Waals surface area contributed by atoms with Gasteiger partial charge in [0, 0.05) is 6.54 Å². The van der Waals surface area contributed by atoms with Crippen LogP contribution < -0.4 is 0 Å². The van der Waals surface area contributed by atoms with E-state index >= 15 is 0 Å². The second kappa shape index (κ2) is 6.07. The Morgan fingerprint density at radius 1 is 1.35 bits per heavy atom. The smallest absolute Gasteiger partial charge is 0.328 e. The van der Waals surface area contributed by atoms with Crippen LogP contribution in [0.15, 0.2) is 12.7 Å². The van der Waals surface area contributed by atoms with Gasteiger partial charge in [-0.15, -0.1) is 6.58 Å². The van der Waals surface area contributed by atoms with Gasteiger partial charge in [-0.2, -0.15) is 0 Å². The molecule has 20 heavy (non-hydrogen) atoms. The molecule has 112 valence electrons. The number of carbonyl (C=O) groups excluding carboxylic acids is 2. The first-order valence-corrected chi connectivity index (χ1v) is 6.71. The Bertz CT molecular complexity index is 431. The van der Waals surface area contributed by atoms with E-state index in [-0.39, 0.29) is 18.4 Å². The molecule has 0 spiro atoms. The minimum Gasteiger partial charge on any atom is -0.480 e. The maximum atomic E-state index is 12.5. The molecular formula is C14H22N2O4. The van der Waals surface area contributed by atoms with Crippen LogP contribution in [-0.2, 0) is 9.59 Å². The van der Waals surface area contributed by atoms with E-state index < -0.39 is 30.0 Å². The standard InChI is InChI=1S/C14H22N2O4/c1-6-7-15-10(8(2)3)12(17)16(14(15)20)11(9(4)5)13(18)19/h6,8-11H,1,7H2,2-5H3,(H,18,19). The lowest BCUT2D eigenvalue weighted by Gasteiger charge is -2.25. The molecule has 0 aliphatic carbocycles. The highest BCUT2D eigenvalue weighted by atomic mass is 16.4. The van der Waals surface area contributed by atoms with Gasteiger partial charge in [-0.25, -0.2) is 14.5 Å². The summed E-state index contributed by atoms with van der Waals surface area (Å²) in [6, 6.07) is -2.30. The van der Waals surface area contributed by atoms with E-state index in [9.17, 15) is 19.5 Å². The van der Waals surface area contributed by atoms with Gasteiger partial charge in [-0.1, -0.05) is 33.8 Å². The fourth-order valence-electron chi connectivity index (χ4n) is 2.55. The highest BCUT2D eigenvalue weighted by Gasteiger charge is 2.51. The first-order chi connectivity index (χ1) is 9.23. The average Bonchev–Trinajstić information content (AvgIpc) is 2.54. The van der Waals surface area contributed by atoms with Crippen molar-refractivity contribution in [2.45, 2.75) is 39.8 Å². The van der Waals surface area contributed by atoms with Crippen molar-refractivity contribution in [3.8, 4) is 0 Å². The molecule has 1 saturated heterocycles. The Balaban J connectivity index is 3.21. The van der Waals surface area contributed by atoms with Crippen LogP contribution in [0.5, 0.6) is 0 Å². The summed E-state index contributed by atoms with van der Waals surface area (Å²) in [7, 11) is 0. The van der Waals surface area contributed by atoms with E-state index in [0.717, 1.165) is 4.90 Å². The Labute approximate surface area is 119 Å². The maximum Gasteiger partial charge on any atom is 0.328 e. The van der Waals surface area contributed by atoms with Crippen LogP contribution in [0, 0.1) is 11.8 Å². The Hall–Kier alpha value is -1.85. The summed E-state index contributed by atoms with van der Waals surface area (Å²) in [6.45, 7) is 10.8. The molecular weight excluding hydrogens is 260 g/mol. The van der Waals surface area contributed by atoms with Gasteiger partial charge < -0.3 is 10.0 Å². The fraction of sp³-hybridized carbons (Fsp3) is 0.643. The van der Waals surface area contributed by atoms with Gasteiger partial charge in [0.05, 0.1) is 0 Å². The highest BCUT2D eigenvalue weighted by molar-refractivity contribution is 6.07. The largest absolute Gasteiger partial charge is 0.480 e. The van der Waals surface area contributed by atoms with E-state index in [1.165, 1.54) is 11.0 Å². The Morgan fingerprint density at radius 3 is 2.25 bits per heavy atom.